The fourth-order valence-electron chi connectivity index (χ4n) is 2.50. The Morgan fingerprint density at radius 1 is 1.35 bits per heavy atom. The molecule has 1 aromatic rings. The number of halogens is 1. The van der Waals surface area contributed by atoms with Crippen LogP contribution in [0.3, 0.4) is 0 Å². The molecule has 7 heteroatoms. The molecule has 0 bridgehead atoms. The minimum Gasteiger partial charge on any atom is -0.486 e. The van der Waals surface area contributed by atoms with E-state index in [1.165, 1.54) is 0 Å². The van der Waals surface area contributed by atoms with E-state index in [2.05, 4.69) is 35.0 Å². The van der Waals surface area contributed by atoms with Crippen LogP contribution in [-0.2, 0) is 9.48 Å². The second-order valence-corrected chi connectivity index (χ2v) is 7.21. The molecule has 1 atom stereocenters. The minimum atomic E-state index is -0.171. The highest BCUT2D eigenvalue weighted by molar-refractivity contribution is 7.99. The maximum atomic E-state index is 6.13. The standard InChI is InChI=1S/C13H18ClN3O2S/c1-13(2,20-3)10-9-11(16-12(14)15-10)17-4-5-18-6-8(17)7-19-9/h8H,4-7H2,1-3H3. The number of hydrogen-bond acceptors (Lipinski definition) is 6. The lowest BCUT2D eigenvalue weighted by Gasteiger charge is -2.41. The van der Waals surface area contributed by atoms with Crippen LogP contribution < -0.4 is 9.64 Å². The van der Waals surface area contributed by atoms with Crippen molar-refractivity contribution < 1.29 is 9.47 Å². The van der Waals surface area contributed by atoms with E-state index in [1.807, 2.05) is 0 Å². The monoisotopic (exact) mass is 315 g/mol. The maximum Gasteiger partial charge on any atom is 0.224 e. The SMILES string of the molecule is CSC(C)(C)c1nc(Cl)nc2c1OCC1COCCN21. The molecular weight excluding hydrogens is 298 g/mol. The molecule has 3 rings (SSSR count). The third-order valence-corrected chi connectivity index (χ3v) is 5.20. The molecular formula is C13H18ClN3O2S. The van der Waals surface area contributed by atoms with E-state index in [9.17, 15) is 0 Å². The predicted molar refractivity (Wildman–Crippen MR) is 81.0 cm³/mol. The van der Waals surface area contributed by atoms with Crippen molar-refractivity contribution in [1.82, 2.24) is 9.97 Å². The molecule has 3 heterocycles. The fraction of sp³-hybridized carbons (Fsp3) is 0.692. The van der Waals surface area contributed by atoms with E-state index in [0.717, 1.165) is 23.8 Å². The summed E-state index contributed by atoms with van der Waals surface area (Å²) in [5, 5.41) is 0.275. The number of ether oxygens (including phenoxy) is 2. The van der Waals surface area contributed by atoms with Crippen LogP contribution in [0.15, 0.2) is 0 Å². The van der Waals surface area contributed by atoms with Crippen molar-refractivity contribution in [3.63, 3.8) is 0 Å². The van der Waals surface area contributed by atoms with Crippen molar-refractivity contribution in [3.05, 3.63) is 11.0 Å². The molecule has 2 aliphatic heterocycles. The molecule has 1 unspecified atom stereocenters. The highest BCUT2D eigenvalue weighted by Gasteiger charge is 2.37. The molecule has 0 aromatic carbocycles. The Hall–Kier alpha value is -0.720. The zero-order valence-corrected chi connectivity index (χ0v) is 13.4. The summed E-state index contributed by atoms with van der Waals surface area (Å²) in [6.07, 6.45) is 2.06. The first kappa shape index (κ1) is 14.2. The van der Waals surface area contributed by atoms with Crippen LogP contribution in [0.2, 0.25) is 5.28 Å². The topological polar surface area (TPSA) is 47.5 Å². The average Bonchev–Trinajstić information content (AvgIpc) is 2.46. The van der Waals surface area contributed by atoms with Crippen LogP contribution in [0, 0.1) is 0 Å². The van der Waals surface area contributed by atoms with Gasteiger partial charge in [-0.2, -0.15) is 16.7 Å². The summed E-state index contributed by atoms with van der Waals surface area (Å²) in [5.74, 6) is 1.58. The zero-order chi connectivity index (χ0) is 14.3. The molecule has 1 saturated heterocycles. The Morgan fingerprint density at radius 3 is 2.90 bits per heavy atom. The summed E-state index contributed by atoms with van der Waals surface area (Å²) in [7, 11) is 0. The summed E-state index contributed by atoms with van der Waals surface area (Å²) in [5.41, 5.74) is 0.866. The molecule has 1 fully saturated rings. The van der Waals surface area contributed by atoms with Gasteiger partial charge in [0.2, 0.25) is 5.28 Å². The molecule has 0 N–H and O–H groups in total. The van der Waals surface area contributed by atoms with Crippen molar-refractivity contribution in [1.29, 1.82) is 0 Å². The van der Waals surface area contributed by atoms with E-state index in [0.29, 0.717) is 19.8 Å². The molecule has 0 saturated carbocycles. The van der Waals surface area contributed by atoms with Crippen LogP contribution in [-0.4, -0.2) is 48.6 Å². The summed E-state index contributed by atoms with van der Waals surface area (Å²) in [6, 6.07) is 0.215. The number of morpholine rings is 1. The Morgan fingerprint density at radius 2 is 2.15 bits per heavy atom. The molecule has 0 radical (unpaired) electrons. The lowest BCUT2D eigenvalue weighted by atomic mass is 10.1. The van der Waals surface area contributed by atoms with Gasteiger partial charge in [-0.15, -0.1) is 0 Å². The molecule has 20 heavy (non-hydrogen) atoms. The summed E-state index contributed by atoms with van der Waals surface area (Å²) < 4.78 is 11.3. The van der Waals surface area contributed by atoms with Gasteiger partial charge in [-0.05, 0) is 31.7 Å². The normalized spacial score (nSPS) is 22.0. The van der Waals surface area contributed by atoms with Gasteiger partial charge in [0.15, 0.2) is 11.6 Å². The number of anilines is 1. The van der Waals surface area contributed by atoms with Crippen LogP contribution in [0.4, 0.5) is 5.82 Å². The predicted octanol–water partition coefficient (Wildman–Crippen LogP) is 2.33. The smallest absolute Gasteiger partial charge is 0.224 e. The Bertz CT molecular complexity index is 527. The van der Waals surface area contributed by atoms with Gasteiger partial charge < -0.3 is 14.4 Å². The number of rotatable bonds is 2. The second-order valence-electron chi connectivity index (χ2n) is 5.44. The second kappa shape index (κ2) is 5.24. The Kier molecular flexibility index (Phi) is 3.73. The zero-order valence-electron chi connectivity index (χ0n) is 11.9. The molecule has 1 aromatic heterocycles. The van der Waals surface area contributed by atoms with E-state index >= 15 is 0 Å². The third-order valence-electron chi connectivity index (χ3n) is 3.82. The lowest BCUT2D eigenvalue weighted by Crippen LogP contribution is -2.51. The van der Waals surface area contributed by atoms with Gasteiger partial charge in [0.1, 0.15) is 12.3 Å². The number of thioether (sulfide) groups is 1. The summed E-state index contributed by atoms with van der Waals surface area (Å²) >= 11 is 7.85. The van der Waals surface area contributed by atoms with Gasteiger partial charge in [0.25, 0.3) is 0 Å². The average molecular weight is 316 g/mol. The van der Waals surface area contributed by atoms with Crippen LogP contribution >= 0.6 is 23.4 Å². The van der Waals surface area contributed by atoms with Crippen molar-refractivity contribution >= 4 is 29.2 Å². The van der Waals surface area contributed by atoms with Crippen molar-refractivity contribution in [2.75, 3.05) is 37.5 Å². The highest BCUT2D eigenvalue weighted by atomic mass is 35.5. The van der Waals surface area contributed by atoms with Crippen LogP contribution in [0.1, 0.15) is 19.5 Å². The van der Waals surface area contributed by atoms with Crippen molar-refractivity contribution in [2.45, 2.75) is 24.6 Å². The van der Waals surface area contributed by atoms with E-state index in [-0.39, 0.29) is 16.1 Å². The number of nitrogens with zero attached hydrogens (tertiary/aromatic N) is 3. The van der Waals surface area contributed by atoms with Gasteiger partial charge in [0.05, 0.1) is 24.0 Å². The summed E-state index contributed by atoms with van der Waals surface area (Å²) in [6.45, 7) is 7.03. The molecule has 0 aliphatic carbocycles. The van der Waals surface area contributed by atoms with Crippen molar-refractivity contribution in [2.24, 2.45) is 0 Å². The molecule has 0 spiro atoms. The molecule has 0 amide bonds. The maximum absolute atomic E-state index is 6.13. The minimum absolute atomic E-state index is 0.171. The van der Waals surface area contributed by atoms with Crippen molar-refractivity contribution in [3.8, 4) is 5.75 Å². The Labute approximate surface area is 128 Å². The fourth-order valence-corrected chi connectivity index (χ4v) is 2.99. The van der Waals surface area contributed by atoms with Gasteiger partial charge in [-0.25, -0.2) is 4.98 Å². The number of fused-ring (bicyclic) bond motifs is 3. The van der Waals surface area contributed by atoms with Gasteiger partial charge >= 0.3 is 0 Å². The Balaban J connectivity index is 2.10. The first-order valence-corrected chi connectivity index (χ1v) is 8.23. The van der Waals surface area contributed by atoms with Crippen LogP contribution in [0.5, 0.6) is 5.75 Å². The van der Waals surface area contributed by atoms with Gasteiger partial charge in [-0.3, -0.25) is 0 Å². The lowest BCUT2D eigenvalue weighted by molar-refractivity contribution is 0.0691. The molecule has 110 valence electrons. The quantitative estimate of drug-likeness (QED) is 0.781. The van der Waals surface area contributed by atoms with E-state index in [1.54, 1.807) is 11.8 Å². The first-order valence-electron chi connectivity index (χ1n) is 6.63. The van der Waals surface area contributed by atoms with E-state index in [4.69, 9.17) is 21.1 Å². The molecule has 5 nitrogen and oxygen atoms in total. The summed E-state index contributed by atoms with van der Waals surface area (Å²) in [4.78, 5) is 11.0. The van der Waals surface area contributed by atoms with Crippen LogP contribution in [0.25, 0.3) is 0 Å². The molecule has 2 aliphatic rings. The first-order chi connectivity index (χ1) is 9.53. The van der Waals surface area contributed by atoms with Gasteiger partial charge in [-0.1, -0.05) is 0 Å². The number of hydrogen-bond donors (Lipinski definition) is 0. The number of aromatic nitrogens is 2. The van der Waals surface area contributed by atoms with E-state index < -0.39 is 0 Å². The highest BCUT2D eigenvalue weighted by Crippen LogP contribution is 2.44. The third kappa shape index (κ3) is 2.34. The largest absolute Gasteiger partial charge is 0.486 e. The van der Waals surface area contributed by atoms with Gasteiger partial charge in [0, 0.05) is 6.54 Å².